The topological polar surface area (TPSA) is 52.0 Å². The minimum Gasteiger partial charge on any atom is -0.390 e. The van der Waals surface area contributed by atoms with Gasteiger partial charge in [0.25, 0.3) is 0 Å². The number of fused-ring (bicyclic) bond motifs is 2. The first-order valence-corrected chi connectivity index (χ1v) is 8.01. The van der Waals surface area contributed by atoms with E-state index in [0.717, 1.165) is 10.0 Å². The zero-order chi connectivity index (χ0) is 13.4. The summed E-state index contributed by atoms with van der Waals surface area (Å²) in [4.78, 5) is 0. The molecule has 0 spiro atoms. The Morgan fingerprint density at radius 3 is 1.50 bits per heavy atom. The lowest BCUT2D eigenvalue weighted by Gasteiger charge is -2.06. The SMILES string of the molecule is Nc1sc2cccc3c4c(N)sc5cccc(c1c23)c54. The van der Waals surface area contributed by atoms with Crippen LogP contribution in [0.1, 0.15) is 0 Å². The Morgan fingerprint density at radius 1 is 0.600 bits per heavy atom. The van der Waals surface area contributed by atoms with Crippen LogP contribution in [0.5, 0.6) is 0 Å². The third kappa shape index (κ3) is 1.06. The molecular formula is C16H10N2S2. The quantitative estimate of drug-likeness (QED) is 0.394. The lowest BCUT2D eigenvalue weighted by atomic mass is 9.96. The highest BCUT2D eigenvalue weighted by molar-refractivity contribution is 7.25. The Morgan fingerprint density at radius 2 is 1.05 bits per heavy atom. The van der Waals surface area contributed by atoms with Crippen LogP contribution in [-0.4, -0.2) is 0 Å². The second-order valence-corrected chi connectivity index (χ2v) is 7.21. The summed E-state index contributed by atoms with van der Waals surface area (Å²) in [6, 6.07) is 12.8. The number of nitrogens with two attached hydrogens (primary N) is 2. The molecule has 0 fully saturated rings. The molecule has 2 heterocycles. The zero-order valence-corrected chi connectivity index (χ0v) is 12.1. The summed E-state index contributed by atoms with van der Waals surface area (Å²) in [5.74, 6) is 0. The Hall–Kier alpha value is -2.04. The number of rotatable bonds is 0. The normalized spacial score (nSPS) is 12.4. The molecule has 0 atom stereocenters. The number of hydrogen-bond acceptors (Lipinski definition) is 4. The largest absolute Gasteiger partial charge is 0.390 e. The Kier molecular flexibility index (Phi) is 1.79. The van der Waals surface area contributed by atoms with Crippen molar-refractivity contribution in [1.82, 2.24) is 0 Å². The maximum atomic E-state index is 6.30. The molecule has 4 heteroatoms. The van der Waals surface area contributed by atoms with Crippen molar-refractivity contribution in [2.24, 2.45) is 0 Å². The van der Waals surface area contributed by atoms with Crippen molar-refractivity contribution in [1.29, 1.82) is 0 Å². The molecular weight excluding hydrogens is 284 g/mol. The monoisotopic (exact) mass is 294 g/mol. The molecule has 3 aromatic carbocycles. The molecule has 0 saturated carbocycles. The second kappa shape index (κ2) is 3.34. The van der Waals surface area contributed by atoms with E-state index < -0.39 is 0 Å². The molecule has 96 valence electrons. The molecule has 0 amide bonds. The van der Waals surface area contributed by atoms with Gasteiger partial charge < -0.3 is 11.5 Å². The number of thiophene rings is 2. The Bertz CT molecular complexity index is 1030. The summed E-state index contributed by atoms with van der Waals surface area (Å²) < 4.78 is 2.48. The van der Waals surface area contributed by atoms with Crippen molar-refractivity contribution in [3.05, 3.63) is 36.4 Å². The maximum absolute atomic E-state index is 6.30. The number of nitrogen functional groups attached to an aromatic ring is 2. The Balaban J connectivity index is 2.35. The Labute approximate surface area is 122 Å². The molecule has 5 rings (SSSR count). The van der Waals surface area contributed by atoms with Crippen LogP contribution in [0, 0.1) is 0 Å². The standard InChI is InChI=1S/C16H10N2S2/c17-15-13-7-3-1-5-9-11(7)14(16(18)19-9)8-4-2-6-10(20-15)12(8)13/h1-6H,17-18H2. The van der Waals surface area contributed by atoms with Crippen molar-refractivity contribution < 1.29 is 0 Å². The second-order valence-electron chi connectivity index (χ2n) is 5.04. The fraction of sp³-hybridized carbons (Fsp3) is 0. The van der Waals surface area contributed by atoms with Crippen molar-refractivity contribution in [3.8, 4) is 0 Å². The van der Waals surface area contributed by atoms with E-state index in [1.54, 1.807) is 22.7 Å². The van der Waals surface area contributed by atoms with Gasteiger partial charge in [-0.15, -0.1) is 22.7 Å². The molecule has 0 radical (unpaired) electrons. The average molecular weight is 294 g/mol. The highest BCUT2D eigenvalue weighted by atomic mass is 32.1. The van der Waals surface area contributed by atoms with E-state index in [1.165, 1.54) is 41.7 Å². The van der Waals surface area contributed by atoms with Crippen LogP contribution in [0.2, 0.25) is 0 Å². The van der Waals surface area contributed by atoms with Crippen LogP contribution < -0.4 is 11.5 Å². The number of hydrogen-bond donors (Lipinski definition) is 2. The van der Waals surface area contributed by atoms with Gasteiger partial charge in [-0.3, -0.25) is 0 Å². The summed E-state index contributed by atoms with van der Waals surface area (Å²) in [7, 11) is 0. The van der Waals surface area contributed by atoms with E-state index in [2.05, 4.69) is 36.4 Å². The first-order chi connectivity index (χ1) is 9.75. The summed E-state index contributed by atoms with van der Waals surface area (Å²) in [5, 5.41) is 9.17. The molecule has 0 bridgehead atoms. The molecule has 20 heavy (non-hydrogen) atoms. The van der Waals surface area contributed by atoms with E-state index >= 15 is 0 Å². The third-order valence-corrected chi connectivity index (χ3v) is 5.99. The van der Waals surface area contributed by atoms with E-state index in [0.29, 0.717) is 0 Å². The first kappa shape index (κ1) is 10.7. The van der Waals surface area contributed by atoms with Gasteiger partial charge in [-0.05, 0) is 22.9 Å². The van der Waals surface area contributed by atoms with Gasteiger partial charge in [0.1, 0.15) is 0 Å². The van der Waals surface area contributed by atoms with Crippen molar-refractivity contribution >= 4 is 74.4 Å². The van der Waals surface area contributed by atoms with E-state index in [1.807, 2.05) is 0 Å². The van der Waals surface area contributed by atoms with E-state index in [-0.39, 0.29) is 0 Å². The van der Waals surface area contributed by atoms with Crippen LogP contribution >= 0.6 is 22.7 Å². The molecule has 0 unspecified atom stereocenters. The lowest BCUT2D eigenvalue weighted by Crippen LogP contribution is -1.85. The summed E-state index contributed by atoms with van der Waals surface area (Å²) in [6.07, 6.45) is 0. The van der Waals surface area contributed by atoms with Gasteiger partial charge >= 0.3 is 0 Å². The molecule has 0 aliphatic carbocycles. The average Bonchev–Trinajstić information content (AvgIpc) is 2.95. The van der Waals surface area contributed by atoms with Crippen molar-refractivity contribution in [3.63, 3.8) is 0 Å². The highest BCUT2D eigenvalue weighted by Crippen LogP contribution is 2.50. The van der Waals surface area contributed by atoms with Crippen LogP contribution in [0.25, 0.3) is 41.7 Å². The van der Waals surface area contributed by atoms with Crippen molar-refractivity contribution in [2.75, 3.05) is 11.5 Å². The highest BCUT2D eigenvalue weighted by Gasteiger charge is 2.19. The van der Waals surface area contributed by atoms with Gasteiger partial charge in [0, 0.05) is 30.9 Å². The van der Waals surface area contributed by atoms with E-state index in [4.69, 9.17) is 11.5 Å². The van der Waals surface area contributed by atoms with Crippen molar-refractivity contribution in [2.45, 2.75) is 0 Å². The molecule has 2 aromatic heterocycles. The molecule has 0 saturated heterocycles. The third-order valence-electron chi connectivity index (χ3n) is 4.02. The maximum Gasteiger partial charge on any atom is 0.0949 e. The van der Waals surface area contributed by atoms with Crippen LogP contribution in [0.3, 0.4) is 0 Å². The van der Waals surface area contributed by atoms with Gasteiger partial charge in [-0.25, -0.2) is 0 Å². The summed E-state index contributed by atoms with van der Waals surface area (Å²) >= 11 is 3.32. The molecule has 0 aliphatic rings. The number of benzene rings is 3. The summed E-state index contributed by atoms with van der Waals surface area (Å²) in [6.45, 7) is 0. The van der Waals surface area contributed by atoms with Gasteiger partial charge in [-0.1, -0.05) is 24.3 Å². The predicted octanol–water partition coefficient (Wildman–Crippen LogP) is 5.02. The number of anilines is 2. The van der Waals surface area contributed by atoms with Gasteiger partial charge in [0.15, 0.2) is 0 Å². The van der Waals surface area contributed by atoms with Crippen LogP contribution in [0.15, 0.2) is 36.4 Å². The fourth-order valence-electron chi connectivity index (χ4n) is 3.28. The summed E-state index contributed by atoms with van der Waals surface area (Å²) in [5.41, 5.74) is 12.6. The first-order valence-electron chi connectivity index (χ1n) is 6.38. The van der Waals surface area contributed by atoms with Crippen LogP contribution in [0.4, 0.5) is 10.0 Å². The fourth-order valence-corrected chi connectivity index (χ4v) is 5.31. The van der Waals surface area contributed by atoms with Gasteiger partial charge in [0.05, 0.1) is 10.0 Å². The predicted molar refractivity (Wildman–Crippen MR) is 92.2 cm³/mol. The smallest absolute Gasteiger partial charge is 0.0949 e. The molecule has 5 aromatic rings. The van der Waals surface area contributed by atoms with Gasteiger partial charge in [0.2, 0.25) is 0 Å². The van der Waals surface area contributed by atoms with Crippen LogP contribution in [-0.2, 0) is 0 Å². The minimum atomic E-state index is 0.898. The molecule has 4 N–H and O–H groups in total. The van der Waals surface area contributed by atoms with E-state index in [9.17, 15) is 0 Å². The minimum absolute atomic E-state index is 0.898. The molecule has 2 nitrogen and oxygen atoms in total. The van der Waals surface area contributed by atoms with Gasteiger partial charge in [-0.2, -0.15) is 0 Å². The lowest BCUT2D eigenvalue weighted by molar-refractivity contribution is 1.90. The zero-order valence-electron chi connectivity index (χ0n) is 10.4. The molecule has 0 aliphatic heterocycles.